The zero-order valence-corrected chi connectivity index (χ0v) is 18.7. The minimum absolute atomic E-state index is 0.122. The number of carbonyl (C=O) groups excluding carboxylic acids is 2. The molecule has 4 rings (SSSR count). The average molecular weight is 487 g/mol. The number of piperidine rings is 1. The van der Waals surface area contributed by atoms with Gasteiger partial charge in [0.05, 0.1) is 11.9 Å². The van der Waals surface area contributed by atoms with Crippen LogP contribution in [-0.2, 0) is 13.8 Å². The molecule has 0 radical (unpaired) electrons. The summed E-state index contributed by atoms with van der Waals surface area (Å²) in [5, 5.41) is 11.2. The molecule has 2 aromatic heterocycles. The molecule has 3 heterocycles. The molecule has 3 aromatic rings. The Kier molecular flexibility index (Phi) is 6.36. The lowest BCUT2D eigenvalue weighted by Gasteiger charge is -2.27. The summed E-state index contributed by atoms with van der Waals surface area (Å²) in [4.78, 5) is 27.5. The van der Waals surface area contributed by atoms with Crippen molar-refractivity contribution in [3.05, 3.63) is 58.6 Å². The van der Waals surface area contributed by atoms with Crippen LogP contribution in [-0.4, -0.2) is 49.4 Å². The number of likely N-dealkylation sites (tertiary alicyclic amines) is 1. The number of aromatic nitrogens is 4. The molecule has 1 aliphatic rings. The molecule has 1 fully saturated rings. The van der Waals surface area contributed by atoms with E-state index in [0.29, 0.717) is 17.1 Å². The quantitative estimate of drug-likeness (QED) is 0.576. The van der Waals surface area contributed by atoms with Crippen molar-refractivity contribution in [3.8, 4) is 5.75 Å². The van der Waals surface area contributed by atoms with Crippen LogP contribution < -0.4 is 10.1 Å². The van der Waals surface area contributed by atoms with Crippen LogP contribution in [0.1, 0.15) is 40.2 Å². The second-order valence-corrected chi connectivity index (χ2v) is 8.22. The number of nitrogens with one attached hydrogen (secondary N) is 1. The minimum atomic E-state index is -0.414. The number of carbonyl (C=O) groups is 2. The van der Waals surface area contributed by atoms with E-state index in [1.165, 1.54) is 15.6 Å². The van der Waals surface area contributed by atoms with Crippen LogP contribution in [0, 0.1) is 0 Å². The van der Waals surface area contributed by atoms with Crippen LogP contribution in [0.15, 0.2) is 47.2 Å². The predicted octanol–water partition coefficient (Wildman–Crippen LogP) is 3.29. The van der Waals surface area contributed by atoms with E-state index in [-0.39, 0.29) is 18.3 Å². The molecule has 1 aliphatic heterocycles. The number of amides is 2. The van der Waals surface area contributed by atoms with Crippen molar-refractivity contribution in [2.75, 3.05) is 18.4 Å². The maximum Gasteiger partial charge on any atom is 0.276 e. The fourth-order valence-electron chi connectivity index (χ4n) is 3.44. The van der Waals surface area contributed by atoms with E-state index in [0.717, 1.165) is 36.8 Å². The summed E-state index contributed by atoms with van der Waals surface area (Å²) in [5.41, 5.74) is 0.969. The molecule has 1 saturated heterocycles. The summed E-state index contributed by atoms with van der Waals surface area (Å²) in [6, 6.07) is 9.04. The number of rotatable bonds is 6. The molecule has 0 atom stereocenters. The number of anilines is 1. The summed E-state index contributed by atoms with van der Waals surface area (Å²) < 4.78 is 9.65. The smallest absolute Gasteiger partial charge is 0.276 e. The van der Waals surface area contributed by atoms with E-state index in [4.69, 9.17) is 4.74 Å². The summed E-state index contributed by atoms with van der Waals surface area (Å²) >= 11 is 3.38. The Balaban J connectivity index is 1.41. The maximum atomic E-state index is 12.9. The Morgan fingerprint density at radius 3 is 2.61 bits per heavy atom. The first-order chi connectivity index (χ1) is 15.0. The molecular weight excluding hydrogens is 464 g/mol. The summed E-state index contributed by atoms with van der Waals surface area (Å²) in [5.74, 6) is 0.160. The second kappa shape index (κ2) is 9.34. The standard InChI is InChI=1S/C21H23BrN6O3/c1-26-19(21(30)27-10-3-2-4-11-27)18(13-23-26)24-20(29)17-9-12-28(25-17)14-31-16-7-5-15(22)6-8-16/h5-9,12-13H,2-4,10-11,14H2,1H3,(H,24,29). The fourth-order valence-corrected chi connectivity index (χ4v) is 3.71. The van der Waals surface area contributed by atoms with Gasteiger partial charge in [0.1, 0.15) is 11.4 Å². The molecule has 0 unspecified atom stereocenters. The van der Waals surface area contributed by atoms with Crippen molar-refractivity contribution in [1.29, 1.82) is 0 Å². The Morgan fingerprint density at radius 1 is 1.13 bits per heavy atom. The largest absolute Gasteiger partial charge is 0.471 e. The zero-order chi connectivity index (χ0) is 21.8. The number of nitrogens with zero attached hydrogens (tertiary/aromatic N) is 5. The lowest BCUT2D eigenvalue weighted by atomic mass is 10.1. The van der Waals surface area contributed by atoms with Gasteiger partial charge in [0.15, 0.2) is 12.4 Å². The van der Waals surface area contributed by atoms with Gasteiger partial charge in [-0.05, 0) is 49.6 Å². The van der Waals surface area contributed by atoms with Gasteiger partial charge in [0.2, 0.25) is 0 Å². The second-order valence-electron chi connectivity index (χ2n) is 7.31. The zero-order valence-electron chi connectivity index (χ0n) is 17.1. The van der Waals surface area contributed by atoms with Crippen molar-refractivity contribution in [3.63, 3.8) is 0 Å². The Labute approximate surface area is 188 Å². The number of benzene rings is 1. The molecule has 31 heavy (non-hydrogen) atoms. The van der Waals surface area contributed by atoms with Crippen molar-refractivity contribution < 1.29 is 14.3 Å². The third-order valence-corrected chi connectivity index (χ3v) is 5.61. The van der Waals surface area contributed by atoms with E-state index in [1.807, 2.05) is 29.2 Å². The summed E-state index contributed by atoms with van der Waals surface area (Å²) in [6.07, 6.45) is 6.27. The number of hydrogen-bond acceptors (Lipinski definition) is 5. The van der Waals surface area contributed by atoms with Crippen LogP contribution in [0.2, 0.25) is 0 Å². The lowest BCUT2D eigenvalue weighted by molar-refractivity contribution is 0.0714. The molecular formula is C21H23BrN6O3. The molecule has 0 aliphatic carbocycles. The number of halogens is 1. The third kappa shape index (κ3) is 4.96. The van der Waals surface area contributed by atoms with Gasteiger partial charge >= 0.3 is 0 Å². The van der Waals surface area contributed by atoms with E-state index in [2.05, 4.69) is 31.4 Å². The van der Waals surface area contributed by atoms with Gasteiger partial charge in [0, 0.05) is 30.8 Å². The molecule has 10 heteroatoms. The topological polar surface area (TPSA) is 94.3 Å². The van der Waals surface area contributed by atoms with E-state index >= 15 is 0 Å². The summed E-state index contributed by atoms with van der Waals surface area (Å²) in [7, 11) is 1.70. The van der Waals surface area contributed by atoms with E-state index in [9.17, 15) is 9.59 Å². The molecule has 0 saturated carbocycles. The van der Waals surface area contributed by atoms with Gasteiger partial charge in [-0.3, -0.25) is 14.3 Å². The first-order valence-electron chi connectivity index (χ1n) is 10.1. The lowest BCUT2D eigenvalue weighted by Crippen LogP contribution is -2.37. The predicted molar refractivity (Wildman–Crippen MR) is 118 cm³/mol. The molecule has 0 bridgehead atoms. The first-order valence-corrected chi connectivity index (χ1v) is 10.8. The van der Waals surface area contributed by atoms with Gasteiger partial charge < -0.3 is 15.0 Å². The molecule has 9 nitrogen and oxygen atoms in total. The molecule has 1 N–H and O–H groups in total. The van der Waals surface area contributed by atoms with Crippen molar-refractivity contribution in [1.82, 2.24) is 24.5 Å². The van der Waals surface area contributed by atoms with Gasteiger partial charge in [-0.25, -0.2) is 4.68 Å². The van der Waals surface area contributed by atoms with Crippen LogP contribution >= 0.6 is 15.9 Å². The van der Waals surface area contributed by atoms with Crippen LogP contribution in [0.5, 0.6) is 5.75 Å². The van der Waals surface area contributed by atoms with Gasteiger partial charge in [0.25, 0.3) is 11.8 Å². The maximum absolute atomic E-state index is 12.9. The van der Waals surface area contributed by atoms with Crippen LogP contribution in [0.3, 0.4) is 0 Å². The molecule has 2 amide bonds. The van der Waals surface area contributed by atoms with Crippen molar-refractivity contribution in [2.45, 2.75) is 26.0 Å². The highest BCUT2D eigenvalue weighted by molar-refractivity contribution is 9.10. The fraction of sp³-hybridized carbons (Fsp3) is 0.333. The van der Waals surface area contributed by atoms with E-state index in [1.54, 1.807) is 19.3 Å². The number of ether oxygens (including phenoxy) is 1. The molecule has 162 valence electrons. The normalized spacial score (nSPS) is 13.8. The average Bonchev–Trinajstić information content (AvgIpc) is 3.40. The first kappa shape index (κ1) is 21.1. The van der Waals surface area contributed by atoms with Crippen LogP contribution in [0.25, 0.3) is 0 Å². The highest BCUT2D eigenvalue weighted by atomic mass is 79.9. The minimum Gasteiger partial charge on any atom is -0.471 e. The third-order valence-electron chi connectivity index (χ3n) is 5.08. The molecule has 1 aromatic carbocycles. The monoisotopic (exact) mass is 486 g/mol. The van der Waals surface area contributed by atoms with Crippen molar-refractivity contribution >= 4 is 33.4 Å². The molecule has 0 spiro atoms. The van der Waals surface area contributed by atoms with Gasteiger partial charge in [-0.2, -0.15) is 10.2 Å². The van der Waals surface area contributed by atoms with E-state index < -0.39 is 5.91 Å². The summed E-state index contributed by atoms with van der Waals surface area (Å²) in [6.45, 7) is 1.61. The highest BCUT2D eigenvalue weighted by Crippen LogP contribution is 2.20. The van der Waals surface area contributed by atoms with Gasteiger partial charge in [-0.15, -0.1) is 0 Å². The van der Waals surface area contributed by atoms with Crippen LogP contribution in [0.4, 0.5) is 5.69 Å². The van der Waals surface area contributed by atoms with Crippen molar-refractivity contribution in [2.24, 2.45) is 7.05 Å². The van der Waals surface area contributed by atoms with Gasteiger partial charge in [-0.1, -0.05) is 15.9 Å². The number of aryl methyl sites for hydroxylation is 1. The highest BCUT2D eigenvalue weighted by Gasteiger charge is 2.25. The Hall–Kier alpha value is -3.14. The SMILES string of the molecule is Cn1ncc(NC(=O)c2ccn(COc3ccc(Br)cc3)n2)c1C(=O)N1CCCCC1. The number of hydrogen-bond donors (Lipinski definition) is 1. The Morgan fingerprint density at radius 2 is 1.87 bits per heavy atom. The Bertz CT molecular complexity index is 1070.